The minimum absolute atomic E-state index is 0.209. The van der Waals surface area contributed by atoms with E-state index in [9.17, 15) is 4.79 Å². The second-order valence-corrected chi connectivity index (χ2v) is 6.60. The van der Waals surface area contributed by atoms with E-state index in [1.54, 1.807) is 6.20 Å². The van der Waals surface area contributed by atoms with Crippen LogP contribution in [0.3, 0.4) is 0 Å². The lowest BCUT2D eigenvalue weighted by atomic mass is 10.1. The topological polar surface area (TPSA) is 52.2 Å². The van der Waals surface area contributed by atoms with Crippen LogP contribution in [0.25, 0.3) is 0 Å². The van der Waals surface area contributed by atoms with Gasteiger partial charge < -0.3 is 9.88 Å². The predicted molar refractivity (Wildman–Crippen MR) is 74.9 cm³/mol. The van der Waals surface area contributed by atoms with Gasteiger partial charge in [0.25, 0.3) is 0 Å². The summed E-state index contributed by atoms with van der Waals surface area (Å²) in [4.78, 5) is 24.5. The third kappa shape index (κ3) is 2.14. The predicted octanol–water partition coefficient (Wildman–Crippen LogP) is 1.27. The molecule has 108 valence electrons. The van der Waals surface area contributed by atoms with Crippen molar-refractivity contribution >= 4 is 5.91 Å². The number of piperazine rings is 1. The maximum absolute atomic E-state index is 12.6. The Labute approximate surface area is 119 Å². The Hall–Kier alpha value is -1.36. The van der Waals surface area contributed by atoms with Crippen LogP contribution in [0.15, 0.2) is 12.4 Å². The number of aromatic nitrogens is 2. The maximum atomic E-state index is 12.6. The van der Waals surface area contributed by atoms with Gasteiger partial charge in [-0.15, -0.1) is 0 Å². The summed E-state index contributed by atoms with van der Waals surface area (Å²) < 4.78 is 0. The van der Waals surface area contributed by atoms with Crippen LogP contribution in [0.4, 0.5) is 0 Å². The summed E-state index contributed by atoms with van der Waals surface area (Å²) >= 11 is 0. The standard InChI is InChI=1S/C15H22N4O/c1-18-6-7-19(9-13(18)14-16-4-5-17-14)15(20)12-8-11(12)10-2-3-10/h4-5,10-13H,2-3,6-9H2,1H3,(H,16,17). The normalized spacial score (nSPS) is 34.2. The molecule has 3 atom stereocenters. The molecule has 20 heavy (non-hydrogen) atoms. The molecule has 3 unspecified atom stereocenters. The van der Waals surface area contributed by atoms with E-state index < -0.39 is 0 Å². The molecule has 2 aliphatic carbocycles. The molecule has 0 bridgehead atoms. The zero-order valence-corrected chi connectivity index (χ0v) is 12.0. The van der Waals surface area contributed by atoms with Gasteiger partial charge in [-0.05, 0) is 38.1 Å². The van der Waals surface area contributed by atoms with E-state index in [0.717, 1.165) is 37.8 Å². The van der Waals surface area contributed by atoms with Gasteiger partial charge >= 0.3 is 0 Å². The number of hydrogen-bond donors (Lipinski definition) is 1. The number of carbonyl (C=O) groups is 1. The van der Waals surface area contributed by atoms with Crippen LogP contribution in [-0.4, -0.2) is 52.4 Å². The highest BCUT2D eigenvalue weighted by Crippen LogP contribution is 2.55. The Morgan fingerprint density at radius 2 is 2.25 bits per heavy atom. The summed E-state index contributed by atoms with van der Waals surface area (Å²) in [5.74, 6) is 3.29. The van der Waals surface area contributed by atoms with Gasteiger partial charge in [-0.3, -0.25) is 9.69 Å². The van der Waals surface area contributed by atoms with Gasteiger partial charge in [0, 0.05) is 37.9 Å². The summed E-state index contributed by atoms with van der Waals surface area (Å²) in [6, 6.07) is 0.209. The average molecular weight is 274 g/mol. The van der Waals surface area contributed by atoms with Crippen molar-refractivity contribution in [3.63, 3.8) is 0 Å². The van der Waals surface area contributed by atoms with E-state index in [2.05, 4.69) is 26.8 Å². The Morgan fingerprint density at radius 3 is 2.95 bits per heavy atom. The largest absolute Gasteiger partial charge is 0.347 e. The molecule has 5 heteroatoms. The molecule has 0 spiro atoms. The number of amides is 1. The first-order valence-corrected chi connectivity index (χ1v) is 7.72. The molecule has 1 amide bonds. The number of likely N-dealkylation sites (N-methyl/N-ethyl adjacent to an activating group) is 1. The van der Waals surface area contributed by atoms with Crippen molar-refractivity contribution < 1.29 is 4.79 Å². The van der Waals surface area contributed by atoms with Crippen molar-refractivity contribution in [2.75, 3.05) is 26.7 Å². The fraction of sp³-hybridized carbons (Fsp3) is 0.733. The smallest absolute Gasteiger partial charge is 0.226 e. The zero-order chi connectivity index (χ0) is 13.7. The minimum atomic E-state index is 0.209. The number of carbonyl (C=O) groups excluding carboxylic acids is 1. The van der Waals surface area contributed by atoms with Crippen molar-refractivity contribution in [3.8, 4) is 0 Å². The van der Waals surface area contributed by atoms with E-state index in [-0.39, 0.29) is 6.04 Å². The van der Waals surface area contributed by atoms with Crippen LogP contribution < -0.4 is 0 Å². The van der Waals surface area contributed by atoms with Gasteiger partial charge in [0.15, 0.2) is 0 Å². The fourth-order valence-corrected chi connectivity index (χ4v) is 3.61. The monoisotopic (exact) mass is 274 g/mol. The lowest BCUT2D eigenvalue weighted by Gasteiger charge is -2.38. The summed E-state index contributed by atoms with van der Waals surface area (Å²) in [6.07, 6.45) is 7.49. The quantitative estimate of drug-likeness (QED) is 0.903. The van der Waals surface area contributed by atoms with Gasteiger partial charge in [-0.2, -0.15) is 0 Å². The van der Waals surface area contributed by atoms with Gasteiger partial charge in [-0.25, -0.2) is 4.98 Å². The number of nitrogens with one attached hydrogen (secondary N) is 1. The summed E-state index contributed by atoms with van der Waals surface area (Å²) in [6.45, 7) is 2.56. The Kier molecular flexibility index (Phi) is 2.84. The molecule has 1 N–H and O–H groups in total. The number of hydrogen-bond acceptors (Lipinski definition) is 3. The molecule has 2 saturated carbocycles. The summed E-state index contributed by atoms with van der Waals surface area (Å²) in [7, 11) is 2.11. The molecule has 0 aromatic carbocycles. The average Bonchev–Trinajstić information content (AvgIpc) is 3.35. The lowest BCUT2D eigenvalue weighted by molar-refractivity contribution is -0.135. The zero-order valence-electron chi connectivity index (χ0n) is 12.0. The van der Waals surface area contributed by atoms with E-state index in [4.69, 9.17) is 0 Å². The first kappa shape index (κ1) is 12.4. The highest BCUT2D eigenvalue weighted by molar-refractivity contribution is 5.82. The SMILES string of the molecule is CN1CCN(C(=O)C2CC2C2CC2)CC1c1ncc[nH]1. The van der Waals surface area contributed by atoms with Crippen molar-refractivity contribution in [2.45, 2.75) is 25.3 Å². The lowest BCUT2D eigenvalue weighted by Crippen LogP contribution is -2.49. The second-order valence-electron chi connectivity index (χ2n) is 6.60. The molecular weight excluding hydrogens is 252 g/mol. The van der Waals surface area contributed by atoms with Crippen LogP contribution in [0.1, 0.15) is 31.1 Å². The number of nitrogens with zero attached hydrogens (tertiary/aromatic N) is 3. The number of H-pyrrole nitrogens is 1. The number of aromatic amines is 1. The molecule has 3 fully saturated rings. The Bertz CT molecular complexity index is 496. The molecule has 0 radical (unpaired) electrons. The van der Waals surface area contributed by atoms with Crippen molar-refractivity contribution in [3.05, 3.63) is 18.2 Å². The molecule has 1 aromatic heterocycles. The third-order valence-corrected chi connectivity index (χ3v) is 5.18. The Morgan fingerprint density at radius 1 is 1.40 bits per heavy atom. The van der Waals surface area contributed by atoms with Gasteiger partial charge in [0.1, 0.15) is 5.82 Å². The van der Waals surface area contributed by atoms with Crippen molar-refractivity contribution in [1.29, 1.82) is 0 Å². The molecular formula is C15H22N4O. The van der Waals surface area contributed by atoms with E-state index in [0.29, 0.717) is 17.7 Å². The van der Waals surface area contributed by atoms with Gasteiger partial charge in [0.2, 0.25) is 5.91 Å². The number of rotatable bonds is 3. The van der Waals surface area contributed by atoms with Crippen molar-refractivity contribution in [2.24, 2.45) is 17.8 Å². The van der Waals surface area contributed by atoms with Crippen LogP contribution in [0.2, 0.25) is 0 Å². The summed E-state index contributed by atoms with van der Waals surface area (Å²) in [5.41, 5.74) is 0. The van der Waals surface area contributed by atoms with E-state index >= 15 is 0 Å². The maximum Gasteiger partial charge on any atom is 0.226 e. The molecule has 5 nitrogen and oxygen atoms in total. The second kappa shape index (κ2) is 4.58. The van der Waals surface area contributed by atoms with Crippen LogP contribution in [0.5, 0.6) is 0 Å². The highest BCUT2D eigenvalue weighted by Gasteiger charge is 2.52. The van der Waals surface area contributed by atoms with Crippen LogP contribution >= 0.6 is 0 Å². The Balaban J connectivity index is 1.43. The minimum Gasteiger partial charge on any atom is -0.347 e. The molecule has 1 saturated heterocycles. The van der Waals surface area contributed by atoms with E-state index in [1.807, 2.05) is 6.20 Å². The molecule has 3 aliphatic rings. The van der Waals surface area contributed by atoms with Gasteiger partial charge in [-0.1, -0.05) is 0 Å². The van der Waals surface area contributed by atoms with Crippen LogP contribution in [-0.2, 0) is 4.79 Å². The summed E-state index contributed by atoms with van der Waals surface area (Å²) in [5, 5.41) is 0. The first-order chi connectivity index (χ1) is 9.74. The molecule has 1 aromatic rings. The number of imidazole rings is 1. The van der Waals surface area contributed by atoms with E-state index in [1.165, 1.54) is 12.8 Å². The molecule has 2 heterocycles. The van der Waals surface area contributed by atoms with Crippen LogP contribution in [0, 0.1) is 17.8 Å². The highest BCUT2D eigenvalue weighted by atomic mass is 16.2. The fourth-order valence-electron chi connectivity index (χ4n) is 3.61. The molecule has 4 rings (SSSR count). The first-order valence-electron chi connectivity index (χ1n) is 7.72. The van der Waals surface area contributed by atoms with Crippen molar-refractivity contribution in [1.82, 2.24) is 19.8 Å². The third-order valence-electron chi connectivity index (χ3n) is 5.18. The van der Waals surface area contributed by atoms with Gasteiger partial charge in [0.05, 0.1) is 6.04 Å². The molecule has 1 aliphatic heterocycles.